The zero-order valence-electron chi connectivity index (χ0n) is 11.7. The second-order valence-corrected chi connectivity index (χ2v) is 5.99. The molecule has 1 fully saturated rings. The highest BCUT2D eigenvalue weighted by atomic mass is 15.1. The molecule has 1 aliphatic heterocycles. The highest BCUT2D eigenvalue weighted by Crippen LogP contribution is 2.42. The van der Waals surface area contributed by atoms with Gasteiger partial charge in [0.15, 0.2) is 0 Å². The number of nitrogens with zero attached hydrogens (tertiary/aromatic N) is 3. The lowest BCUT2D eigenvalue weighted by Gasteiger charge is -2.36. The van der Waals surface area contributed by atoms with E-state index < -0.39 is 0 Å². The topological polar surface area (TPSA) is 42.7 Å². The van der Waals surface area contributed by atoms with Gasteiger partial charge in [-0.3, -0.25) is 4.98 Å². The molecule has 1 spiro atoms. The van der Waals surface area contributed by atoms with Crippen LogP contribution < -0.4 is 5.32 Å². The molecule has 0 radical (unpaired) electrons. The third kappa shape index (κ3) is 1.86. The summed E-state index contributed by atoms with van der Waals surface area (Å²) in [6, 6.07) is 4.17. The number of pyridine rings is 1. The SMILES string of the molecule is c1cc(Cn2cnc3c2C2(CCCC2)NCC3)ccn1. The summed E-state index contributed by atoms with van der Waals surface area (Å²) in [7, 11) is 0. The summed E-state index contributed by atoms with van der Waals surface area (Å²) in [5.41, 5.74) is 4.23. The first-order chi connectivity index (χ1) is 9.87. The lowest BCUT2D eigenvalue weighted by molar-refractivity contribution is 0.303. The molecular weight excluding hydrogens is 248 g/mol. The van der Waals surface area contributed by atoms with E-state index in [1.54, 1.807) is 0 Å². The van der Waals surface area contributed by atoms with Crippen LogP contribution >= 0.6 is 0 Å². The Morgan fingerprint density at radius 3 is 2.80 bits per heavy atom. The number of imidazole rings is 1. The Hall–Kier alpha value is -1.68. The quantitative estimate of drug-likeness (QED) is 0.908. The summed E-state index contributed by atoms with van der Waals surface area (Å²) in [6.07, 6.45) is 12.0. The van der Waals surface area contributed by atoms with Crippen molar-refractivity contribution in [2.24, 2.45) is 0 Å². The van der Waals surface area contributed by atoms with Crippen LogP contribution in [0.5, 0.6) is 0 Å². The fourth-order valence-electron chi connectivity index (χ4n) is 3.86. The van der Waals surface area contributed by atoms with Crippen molar-refractivity contribution < 1.29 is 0 Å². The monoisotopic (exact) mass is 268 g/mol. The number of rotatable bonds is 2. The lowest BCUT2D eigenvalue weighted by atomic mass is 9.87. The van der Waals surface area contributed by atoms with Gasteiger partial charge in [0.05, 0.1) is 23.3 Å². The third-order valence-corrected chi connectivity index (χ3v) is 4.75. The van der Waals surface area contributed by atoms with Crippen molar-refractivity contribution in [2.45, 2.75) is 44.2 Å². The summed E-state index contributed by atoms with van der Waals surface area (Å²) in [6.45, 7) is 1.97. The predicted molar refractivity (Wildman–Crippen MR) is 77.4 cm³/mol. The Labute approximate surface area is 119 Å². The Kier molecular flexibility index (Phi) is 2.84. The van der Waals surface area contributed by atoms with E-state index in [-0.39, 0.29) is 5.54 Å². The molecule has 0 bridgehead atoms. The second kappa shape index (κ2) is 4.70. The molecule has 4 nitrogen and oxygen atoms in total. The van der Waals surface area contributed by atoms with Crippen LogP contribution in [0, 0.1) is 0 Å². The minimum Gasteiger partial charge on any atom is -0.328 e. The normalized spacial score (nSPS) is 20.2. The molecule has 2 aromatic heterocycles. The van der Waals surface area contributed by atoms with Crippen LogP contribution in [0.2, 0.25) is 0 Å². The van der Waals surface area contributed by atoms with Gasteiger partial charge in [0, 0.05) is 31.9 Å². The molecule has 104 valence electrons. The Morgan fingerprint density at radius 2 is 2.00 bits per heavy atom. The molecule has 0 amide bonds. The van der Waals surface area contributed by atoms with Gasteiger partial charge in [-0.2, -0.15) is 0 Å². The van der Waals surface area contributed by atoms with Gasteiger partial charge in [0.2, 0.25) is 0 Å². The van der Waals surface area contributed by atoms with Gasteiger partial charge in [0.1, 0.15) is 0 Å². The average Bonchev–Trinajstić information content (AvgIpc) is 3.09. The minimum absolute atomic E-state index is 0.192. The van der Waals surface area contributed by atoms with Crippen molar-refractivity contribution >= 4 is 0 Å². The molecule has 1 saturated carbocycles. The van der Waals surface area contributed by atoms with E-state index in [0.29, 0.717) is 0 Å². The molecule has 0 saturated heterocycles. The lowest BCUT2D eigenvalue weighted by Crippen LogP contribution is -2.46. The fraction of sp³-hybridized carbons (Fsp3) is 0.500. The highest BCUT2D eigenvalue weighted by molar-refractivity contribution is 5.29. The zero-order valence-corrected chi connectivity index (χ0v) is 11.7. The van der Waals surface area contributed by atoms with Crippen molar-refractivity contribution in [1.29, 1.82) is 0 Å². The largest absolute Gasteiger partial charge is 0.328 e. The molecular formula is C16H20N4. The third-order valence-electron chi connectivity index (χ3n) is 4.75. The Balaban J connectivity index is 1.74. The first-order valence-corrected chi connectivity index (χ1v) is 7.56. The second-order valence-electron chi connectivity index (χ2n) is 5.99. The van der Waals surface area contributed by atoms with Gasteiger partial charge >= 0.3 is 0 Å². The van der Waals surface area contributed by atoms with Crippen LogP contribution in [0.4, 0.5) is 0 Å². The summed E-state index contributed by atoms with van der Waals surface area (Å²) in [4.78, 5) is 8.78. The summed E-state index contributed by atoms with van der Waals surface area (Å²) < 4.78 is 2.35. The van der Waals surface area contributed by atoms with Crippen molar-refractivity contribution in [2.75, 3.05) is 6.54 Å². The van der Waals surface area contributed by atoms with E-state index >= 15 is 0 Å². The van der Waals surface area contributed by atoms with Crippen LogP contribution in [-0.2, 0) is 18.5 Å². The molecule has 0 aromatic carbocycles. The molecule has 2 aliphatic rings. The van der Waals surface area contributed by atoms with E-state index in [1.165, 1.54) is 42.6 Å². The predicted octanol–water partition coefficient (Wildman–Crippen LogP) is 2.24. The molecule has 20 heavy (non-hydrogen) atoms. The van der Waals surface area contributed by atoms with Crippen molar-refractivity contribution in [3.8, 4) is 0 Å². The highest BCUT2D eigenvalue weighted by Gasteiger charge is 2.41. The summed E-state index contributed by atoms with van der Waals surface area (Å²) in [5.74, 6) is 0. The van der Waals surface area contributed by atoms with Gasteiger partial charge in [0.25, 0.3) is 0 Å². The molecule has 2 aromatic rings. The van der Waals surface area contributed by atoms with Gasteiger partial charge in [-0.25, -0.2) is 4.98 Å². The van der Waals surface area contributed by atoms with E-state index in [4.69, 9.17) is 0 Å². The number of fused-ring (bicyclic) bond motifs is 2. The van der Waals surface area contributed by atoms with Crippen LogP contribution in [0.25, 0.3) is 0 Å². The summed E-state index contributed by atoms with van der Waals surface area (Å²) >= 11 is 0. The number of hydrogen-bond donors (Lipinski definition) is 1. The summed E-state index contributed by atoms with van der Waals surface area (Å²) in [5, 5.41) is 3.79. The molecule has 0 atom stereocenters. The Morgan fingerprint density at radius 1 is 1.20 bits per heavy atom. The van der Waals surface area contributed by atoms with E-state index in [0.717, 1.165) is 19.5 Å². The smallest absolute Gasteiger partial charge is 0.0955 e. The number of nitrogens with one attached hydrogen (secondary N) is 1. The standard InChI is InChI=1S/C16H20N4/c1-2-7-16(6-1)15-14(5-10-19-16)18-12-20(15)11-13-3-8-17-9-4-13/h3-4,8-9,12,19H,1-2,5-7,10-11H2. The van der Waals surface area contributed by atoms with Gasteiger partial charge in [-0.15, -0.1) is 0 Å². The molecule has 1 aliphatic carbocycles. The molecule has 0 unspecified atom stereocenters. The minimum atomic E-state index is 0.192. The first-order valence-electron chi connectivity index (χ1n) is 7.56. The first kappa shape index (κ1) is 12.1. The molecule has 3 heterocycles. The van der Waals surface area contributed by atoms with E-state index in [9.17, 15) is 0 Å². The number of hydrogen-bond acceptors (Lipinski definition) is 3. The fourth-order valence-corrected chi connectivity index (χ4v) is 3.86. The maximum Gasteiger partial charge on any atom is 0.0955 e. The molecule has 4 rings (SSSR count). The van der Waals surface area contributed by atoms with Crippen molar-refractivity contribution in [3.05, 3.63) is 47.8 Å². The van der Waals surface area contributed by atoms with E-state index in [2.05, 4.69) is 32.0 Å². The van der Waals surface area contributed by atoms with Crippen LogP contribution in [0.1, 0.15) is 42.6 Å². The van der Waals surface area contributed by atoms with E-state index in [1.807, 2.05) is 18.7 Å². The maximum atomic E-state index is 4.68. The van der Waals surface area contributed by atoms with Crippen molar-refractivity contribution in [1.82, 2.24) is 19.9 Å². The number of aromatic nitrogens is 3. The van der Waals surface area contributed by atoms with Gasteiger partial charge < -0.3 is 9.88 Å². The molecule has 4 heteroatoms. The van der Waals surface area contributed by atoms with Crippen LogP contribution in [0.15, 0.2) is 30.9 Å². The maximum absolute atomic E-state index is 4.68. The molecule has 1 N–H and O–H groups in total. The van der Waals surface area contributed by atoms with Crippen LogP contribution in [0.3, 0.4) is 0 Å². The Bertz CT molecular complexity index is 596. The van der Waals surface area contributed by atoms with Crippen molar-refractivity contribution in [3.63, 3.8) is 0 Å². The van der Waals surface area contributed by atoms with Gasteiger partial charge in [-0.05, 0) is 30.5 Å². The van der Waals surface area contributed by atoms with Crippen LogP contribution in [-0.4, -0.2) is 21.1 Å². The average molecular weight is 268 g/mol. The zero-order chi connectivity index (χ0) is 13.4. The van der Waals surface area contributed by atoms with Gasteiger partial charge in [-0.1, -0.05) is 12.8 Å².